The van der Waals surface area contributed by atoms with Gasteiger partial charge in [-0.2, -0.15) is 5.10 Å². The molecule has 1 atom stereocenters. The number of methoxy groups -OCH3 is 1. The number of ether oxygens (including phenoxy) is 1. The lowest BCUT2D eigenvalue weighted by Gasteiger charge is -2.11. The molecule has 0 aliphatic heterocycles. The van der Waals surface area contributed by atoms with E-state index in [0.29, 0.717) is 11.1 Å². The molecule has 1 aromatic carbocycles. The second-order valence-electron chi connectivity index (χ2n) is 4.14. The largest absolute Gasteiger partial charge is 0.494 e. The van der Waals surface area contributed by atoms with Crippen molar-refractivity contribution in [3.63, 3.8) is 0 Å². The second kappa shape index (κ2) is 4.78. The molecule has 0 radical (unpaired) electrons. The van der Waals surface area contributed by atoms with Crippen LogP contribution in [0.15, 0.2) is 24.4 Å². The fraction of sp³-hybridized carbons (Fsp3) is 0.308. The van der Waals surface area contributed by atoms with Gasteiger partial charge >= 0.3 is 0 Å². The van der Waals surface area contributed by atoms with Gasteiger partial charge in [0.2, 0.25) is 0 Å². The van der Waals surface area contributed by atoms with Gasteiger partial charge in [0, 0.05) is 18.8 Å². The highest BCUT2D eigenvalue weighted by Crippen LogP contribution is 2.27. The number of halogens is 1. The molecule has 2 aromatic rings. The minimum Gasteiger partial charge on any atom is -0.494 e. The summed E-state index contributed by atoms with van der Waals surface area (Å²) in [5.74, 6) is -0.329. The zero-order chi connectivity index (χ0) is 13.3. The zero-order valence-electron chi connectivity index (χ0n) is 10.5. The molecular weight excluding hydrogens is 235 g/mol. The van der Waals surface area contributed by atoms with Gasteiger partial charge in [-0.25, -0.2) is 4.39 Å². The van der Waals surface area contributed by atoms with E-state index in [0.717, 1.165) is 5.69 Å². The van der Waals surface area contributed by atoms with Crippen LogP contribution in [0.5, 0.6) is 5.75 Å². The van der Waals surface area contributed by atoms with Crippen molar-refractivity contribution in [1.82, 2.24) is 9.78 Å². The van der Waals surface area contributed by atoms with Crippen molar-refractivity contribution < 1.29 is 14.2 Å². The Balaban J connectivity index is 2.37. The van der Waals surface area contributed by atoms with Gasteiger partial charge in [-0.05, 0) is 24.6 Å². The van der Waals surface area contributed by atoms with Crippen LogP contribution in [0, 0.1) is 12.7 Å². The van der Waals surface area contributed by atoms with Crippen molar-refractivity contribution >= 4 is 0 Å². The minimum absolute atomic E-state index is 0.161. The van der Waals surface area contributed by atoms with E-state index in [9.17, 15) is 9.50 Å². The third-order valence-electron chi connectivity index (χ3n) is 2.84. The first-order chi connectivity index (χ1) is 8.52. The molecule has 0 aliphatic rings. The van der Waals surface area contributed by atoms with E-state index in [4.69, 9.17) is 4.74 Å². The van der Waals surface area contributed by atoms with Crippen LogP contribution in [0.1, 0.15) is 22.9 Å². The lowest BCUT2D eigenvalue weighted by molar-refractivity contribution is 0.218. The smallest absolute Gasteiger partial charge is 0.165 e. The fourth-order valence-electron chi connectivity index (χ4n) is 1.92. The Kier molecular flexibility index (Phi) is 3.34. The molecule has 0 fully saturated rings. The van der Waals surface area contributed by atoms with Crippen LogP contribution in [0.4, 0.5) is 4.39 Å². The molecule has 0 amide bonds. The van der Waals surface area contributed by atoms with Crippen LogP contribution < -0.4 is 4.74 Å². The number of rotatable bonds is 3. The average molecular weight is 250 g/mol. The maximum atomic E-state index is 13.6. The lowest BCUT2D eigenvalue weighted by atomic mass is 10.0. The molecule has 0 bridgehead atoms. The Labute approximate surface area is 105 Å². The standard InChI is InChI=1S/C13H15FN2O2/c1-8-10(7-16(2)15-8)13(17)9-4-5-12(18-3)11(14)6-9/h4-7,13,17H,1-3H3. The van der Waals surface area contributed by atoms with Gasteiger partial charge in [0.05, 0.1) is 12.8 Å². The summed E-state index contributed by atoms with van der Waals surface area (Å²) in [5, 5.41) is 14.4. The Morgan fingerprint density at radius 3 is 2.67 bits per heavy atom. The Morgan fingerprint density at radius 2 is 2.17 bits per heavy atom. The molecule has 1 heterocycles. The maximum absolute atomic E-state index is 13.6. The van der Waals surface area contributed by atoms with Gasteiger partial charge in [-0.15, -0.1) is 0 Å². The van der Waals surface area contributed by atoms with Gasteiger partial charge < -0.3 is 9.84 Å². The van der Waals surface area contributed by atoms with Gasteiger partial charge in [-0.3, -0.25) is 4.68 Å². The van der Waals surface area contributed by atoms with E-state index in [1.54, 1.807) is 30.9 Å². The topological polar surface area (TPSA) is 47.3 Å². The van der Waals surface area contributed by atoms with Crippen LogP contribution in [-0.4, -0.2) is 22.0 Å². The molecule has 0 spiro atoms. The van der Waals surface area contributed by atoms with Gasteiger partial charge in [0.15, 0.2) is 11.6 Å². The summed E-state index contributed by atoms with van der Waals surface area (Å²) >= 11 is 0. The van der Waals surface area contributed by atoms with Gasteiger partial charge in [-0.1, -0.05) is 6.07 Å². The summed E-state index contributed by atoms with van der Waals surface area (Å²) in [6, 6.07) is 4.41. The predicted molar refractivity (Wildman–Crippen MR) is 65.0 cm³/mol. The van der Waals surface area contributed by atoms with Crippen molar-refractivity contribution in [2.75, 3.05) is 7.11 Å². The van der Waals surface area contributed by atoms with Gasteiger partial charge in [0.25, 0.3) is 0 Å². The van der Waals surface area contributed by atoms with Crippen molar-refractivity contribution in [3.05, 3.63) is 47.0 Å². The first kappa shape index (κ1) is 12.6. The Bertz CT molecular complexity index is 566. The first-order valence-electron chi connectivity index (χ1n) is 5.54. The molecule has 2 rings (SSSR count). The maximum Gasteiger partial charge on any atom is 0.165 e. The number of aromatic nitrogens is 2. The highest BCUT2D eigenvalue weighted by molar-refractivity contribution is 5.35. The minimum atomic E-state index is -0.890. The molecular formula is C13H15FN2O2. The molecule has 0 aliphatic carbocycles. The quantitative estimate of drug-likeness (QED) is 0.905. The predicted octanol–water partition coefficient (Wildman–Crippen LogP) is 1.96. The van der Waals surface area contributed by atoms with Crippen LogP contribution in [0.3, 0.4) is 0 Å². The molecule has 96 valence electrons. The molecule has 5 heteroatoms. The molecule has 0 saturated carbocycles. The van der Waals surface area contributed by atoms with Gasteiger partial charge in [0.1, 0.15) is 6.10 Å². The molecule has 4 nitrogen and oxygen atoms in total. The summed E-state index contributed by atoms with van der Waals surface area (Å²) in [4.78, 5) is 0. The van der Waals surface area contributed by atoms with Crippen molar-refractivity contribution in [2.45, 2.75) is 13.0 Å². The monoisotopic (exact) mass is 250 g/mol. The molecule has 1 N–H and O–H groups in total. The van der Waals surface area contributed by atoms with Crippen LogP contribution in [-0.2, 0) is 7.05 Å². The lowest BCUT2D eigenvalue weighted by Crippen LogP contribution is -2.01. The van der Waals surface area contributed by atoms with E-state index in [-0.39, 0.29) is 5.75 Å². The molecule has 1 unspecified atom stereocenters. The summed E-state index contributed by atoms with van der Waals surface area (Å²) in [5.41, 5.74) is 1.87. The zero-order valence-corrected chi connectivity index (χ0v) is 10.5. The van der Waals surface area contributed by atoms with E-state index >= 15 is 0 Å². The molecule has 1 aromatic heterocycles. The third-order valence-corrected chi connectivity index (χ3v) is 2.84. The van der Waals surface area contributed by atoms with E-state index < -0.39 is 11.9 Å². The van der Waals surface area contributed by atoms with Crippen LogP contribution in [0.2, 0.25) is 0 Å². The number of benzene rings is 1. The highest BCUT2D eigenvalue weighted by Gasteiger charge is 2.17. The summed E-state index contributed by atoms with van der Waals surface area (Å²) in [6.07, 6.45) is 0.835. The SMILES string of the molecule is COc1ccc(C(O)c2cn(C)nc2C)cc1F. The third kappa shape index (κ3) is 2.22. The van der Waals surface area contributed by atoms with Crippen molar-refractivity contribution in [3.8, 4) is 5.75 Å². The number of aliphatic hydroxyl groups excluding tert-OH is 1. The van der Waals surface area contributed by atoms with Crippen molar-refractivity contribution in [1.29, 1.82) is 0 Å². The average Bonchev–Trinajstić information content (AvgIpc) is 2.67. The molecule has 18 heavy (non-hydrogen) atoms. The van der Waals surface area contributed by atoms with E-state index in [1.807, 2.05) is 0 Å². The normalized spacial score (nSPS) is 12.5. The number of hydrogen-bond acceptors (Lipinski definition) is 3. The fourth-order valence-corrected chi connectivity index (χ4v) is 1.92. The van der Waals surface area contributed by atoms with E-state index in [2.05, 4.69) is 5.10 Å². The first-order valence-corrected chi connectivity index (χ1v) is 5.54. The Morgan fingerprint density at radius 1 is 1.44 bits per heavy atom. The Hall–Kier alpha value is -1.88. The summed E-state index contributed by atoms with van der Waals surface area (Å²) in [7, 11) is 3.18. The van der Waals surface area contributed by atoms with Crippen LogP contribution >= 0.6 is 0 Å². The van der Waals surface area contributed by atoms with E-state index in [1.165, 1.54) is 19.2 Å². The summed E-state index contributed by atoms with van der Waals surface area (Å²) in [6.45, 7) is 1.80. The number of hydrogen-bond donors (Lipinski definition) is 1. The number of aryl methyl sites for hydroxylation is 2. The van der Waals surface area contributed by atoms with Crippen molar-refractivity contribution in [2.24, 2.45) is 7.05 Å². The number of nitrogens with zero attached hydrogens (tertiary/aromatic N) is 2. The number of aliphatic hydroxyl groups is 1. The molecule has 0 saturated heterocycles. The highest BCUT2D eigenvalue weighted by atomic mass is 19.1. The second-order valence-corrected chi connectivity index (χ2v) is 4.14. The van der Waals surface area contributed by atoms with Crippen LogP contribution in [0.25, 0.3) is 0 Å². The summed E-state index contributed by atoms with van der Waals surface area (Å²) < 4.78 is 20.0.